The van der Waals surface area contributed by atoms with E-state index in [1.165, 1.54) is 11.3 Å². The topological polar surface area (TPSA) is 86.5 Å². The van der Waals surface area contributed by atoms with E-state index in [1.54, 1.807) is 14.0 Å². The number of nitrogens with one attached hydrogen (secondary N) is 1. The number of benzene rings is 1. The highest BCUT2D eigenvalue weighted by Gasteiger charge is 2.14. The van der Waals surface area contributed by atoms with Crippen LogP contribution < -0.4 is 20.7 Å². The maximum Gasteiger partial charge on any atom is 0.277 e. The lowest BCUT2D eigenvalue weighted by Crippen LogP contribution is -2.29. The van der Waals surface area contributed by atoms with Gasteiger partial charge in [0.25, 0.3) is 5.91 Å². The highest BCUT2D eigenvalue weighted by atomic mass is 32.1. The Morgan fingerprint density at radius 2 is 2.00 bits per heavy atom. The predicted molar refractivity (Wildman–Crippen MR) is 75.8 cm³/mol. The van der Waals surface area contributed by atoms with Crippen LogP contribution in [0.5, 0.6) is 11.5 Å². The smallest absolute Gasteiger partial charge is 0.277 e. The second-order valence-corrected chi connectivity index (χ2v) is 5.04. The summed E-state index contributed by atoms with van der Waals surface area (Å²) >= 11 is 1.27. The first-order valence-corrected chi connectivity index (χ1v) is 6.69. The fourth-order valence-corrected chi connectivity index (χ4v) is 2.49. The fraction of sp³-hybridized carbons (Fsp3) is 0.231. The minimum Gasteiger partial charge on any atom is -0.497 e. The molecule has 0 saturated heterocycles. The zero-order valence-corrected chi connectivity index (χ0v) is 12.0. The maximum atomic E-state index is 11.5. The minimum absolute atomic E-state index is 0.301. The number of nitrogens with zero attached hydrogens (tertiary/aromatic N) is 1. The number of hydrogen-bond donors (Lipinski definition) is 2. The van der Waals surface area contributed by atoms with E-state index >= 15 is 0 Å². The zero-order chi connectivity index (χ0) is 14.5. The van der Waals surface area contributed by atoms with Crippen molar-refractivity contribution in [2.45, 2.75) is 13.5 Å². The number of ether oxygens (including phenoxy) is 2. The van der Waals surface area contributed by atoms with E-state index in [0.29, 0.717) is 22.9 Å². The van der Waals surface area contributed by atoms with Gasteiger partial charge in [-0.25, -0.2) is 10.8 Å². The Kier molecular flexibility index (Phi) is 4.54. The number of hydrazine groups is 1. The Bertz CT molecular complexity index is 595. The van der Waals surface area contributed by atoms with Crippen LogP contribution in [0.25, 0.3) is 0 Å². The van der Waals surface area contributed by atoms with Crippen LogP contribution in [0.1, 0.15) is 20.4 Å². The van der Waals surface area contributed by atoms with Crippen molar-refractivity contribution >= 4 is 17.2 Å². The molecule has 0 unspecified atom stereocenters. The van der Waals surface area contributed by atoms with Gasteiger partial charge in [0.05, 0.1) is 12.8 Å². The number of carbonyl (C=O) groups is 1. The van der Waals surface area contributed by atoms with Crippen LogP contribution in [0.3, 0.4) is 0 Å². The van der Waals surface area contributed by atoms with Crippen molar-refractivity contribution in [2.24, 2.45) is 5.84 Å². The average Bonchev–Trinajstić information content (AvgIpc) is 2.86. The molecule has 1 aromatic heterocycles. The van der Waals surface area contributed by atoms with E-state index in [1.807, 2.05) is 24.3 Å². The molecule has 7 heteroatoms. The normalized spacial score (nSPS) is 10.2. The van der Waals surface area contributed by atoms with Crippen LogP contribution in [-0.2, 0) is 6.61 Å². The molecule has 0 spiro atoms. The number of nitrogen functional groups attached to an aromatic ring is 1. The third-order valence-corrected chi connectivity index (χ3v) is 3.73. The first kappa shape index (κ1) is 14.3. The molecule has 3 N–H and O–H groups in total. The number of carbonyl (C=O) groups excluding carboxylic acids is 1. The van der Waals surface area contributed by atoms with Gasteiger partial charge in [0.1, 0.15) is 28.0 Å². The summed E-state index contributed by atoms with van der Waals surface area (Å²) in [5.74, 6) is 6.25. The van der Waals surface area contributed by atoms with E-state index in [9.17, 15) is 4.79 Å². The van der Waals surface area contributed by atoms with Gasteiger partial charge in [-0.1, -0.05) is 0 Å². The molecule has 0 aliphatic heterocycles. The van der Waals surface area contributed by atoms with Gasteiger partial charge in [-0.05, 0) is 31.2 Å². The molecular formula is C13H15N3O3S. The van der Waals surface area contributed by atoms with Gasteiger partial charge in [0, 0.05) is 0 Å². The van der Waals surface area contributed by atoms with Gasteiger partial charge >= 0.3 is 0 Å². The molecule has 0 saturated carbocycles. The molecule has 1 heterocycles. The maximum absolute atomic E-state index is 11.5. The number of aryl methyl sites for hydroxylation is 1. The van der Waals surface area contributed by atoms with Crippen molar-refractivity contribution in [3.05, 3.63) is 39.8 Å². The highest BCUT2D eigenvalue weighted by molar-refractivity contribution is 7.13. The lowest BCUT2D eigenvalue weighted by molar-refractivity contribution is 0.0957. The number of thiazole rings is 1. The quantitative estimate of drug-likeness (QED) is 0.497. The number of rotatable bonds is 5. The fourth-order valence-electron chi connectivity index (χ4n) is 1.61. The standard InChI is InChI=1S/C13H15N3O3S/c1-8-12(13(17)16-14)20-11(15-8)7-19-10-5-3-9(18-2)4-6-10/h3-6H,7,14H2,1-2H3,(H,16,17). The monoisotopic (exact) mass is 293 g/mol. The van der Waals surface area contributed by atoms with E-state index in [0.717, 1.165) is 10.8 Å². The molecule has 0 bridgehead atoms. The Balaban J connectivity index is 2.01. The van der Waals surface area contributed by atoms with Gasteiger partial charge < -0.3 is 9.47 Å². The molecule has 2 rings (SSSR count). The van der Waals surface area contributed by atoms with Gasteiger partial charge in [0.15, 0.2) is 0 Å². The molecule has 20 heavy (non-hydrogen) atoms. The summed E-state index contributed by atoms with van der Waals surface area (Å²) in [7, 11) is 1.61. The van der Waals surface area contributed by atoms with E-state index in [2.05, 4.69) is 10.4 Å². The van der Waals surface area contributed by atoms with Crippen LogP contribution >= 0.6 is 11.3 Å². The summed E-state index contributed by atoms with van der Waals surface area (Å²) in [6, 6.07) is 7.26. The minimum atomic E-state index is -0.337. The van der Waals surface area contributed by atoms with Gasteiger partial charge in [-0.2, -0.15) is 0 Å². The molecule has 0 aliphatic carbocycles. The van der Waals surface area contributed by atoms with Gasteiger partial charge in [0.2, 0.25) is 0 Å². The van der Waals surface area contributed by atoms with Gasteiger partial charge in [-0.3, -0.25) is 10.2 Å². The molecule has 106 valence electrons. The molecular weight excluding hydrogens is 278 g/mol. The molecule has 1 amide bonds. The molecule has 0 radical (unpaired) electrons. The van der Waals surface area contributed by atoms with Crippen molar-refractivity contribution in [1.29, 1.82) is 0 Å². The second kappa shape index (κ2) is 6.36. The van der Waals surface area contributed by atoms with Crippen molar-refractivity contribution in [1.82, 2.24) is 10.4 Å². The summed E-state index contributed by atoms with van der Waals surface area (Å²) < 4.78 is 10.7. The Labute approximate surface area is 120 Å². The first-order chi connectivity index (χ1) is 9.63. The molecule has 0 fully saturated rings. The van der Waals surface area contributed by atoms with Crippen LogP contribution in [-0.4, -0.2) is 18.0 Å². The number of hydrogen-bond acceptors (Lipinski definition) is 6. The van der Waals surface area contributed by atoms with Crippen LogP contribution in [0, 0.1) is 6.92 Å². The number of nitrogens with two attached hydrogens (primary N) is 1. The zero-order valence-electron chi connectivity index (χ0n) is 11.2. The highest BCUT2D eigenvalue weighted by Crippen LogP contribution is 2.21. The largest absolute Gasteiger partial charge is 0.497 e. The Morgan fingerprint density at radius 1 is 1.35 bits per heavy atom. The van der Waals surface area contributed by atoms with Crippen LogP contribution in [0.2, 0.25) is 0 Å². The lowest BCUT2D eigenvalue weighted by atomic mass is 10.3. The number of aromatic nitrogens is 1. The number of amides is 1. The SMILES string of the molecule is COc1ccc(OCc2nc(C)c(C(=O)NN)s2)cc1. The predicted octanol–water partition coefficient (Wildman–Crippen LogP) is 1.64. The lowest BCUT2D eigenvalue weighted by Gasteiger charge is -2.04. The molecule has 1 aromatic carbocycles. The summed E-state index contributed by atoms with van der Waals surface area (Å²) in [5, 5.41) is 0.719. The molecule has 0 aliphatic rings. The van der Waals surface area contributed by atoms with Crippen LogP contribution in [0.15, 0.2) is 24.3 Å². The molecule has 0 atom stereocenters. The first-order valence-electron chi connectivity index (χ1n) is 5.88. The Morgan fingerprint density at radius 3 is 2.60 bits per heavy atom. The summed E-state index contributed by atoms with van der Waals surface area (Å²) in [5.41, 5.74) is 2.74. The van der Waals surface area contributed by atoms with Gasteiger partial charge in [-0.15, -0.1) is 11.3 Å². The van der Waals surface area contributed by atoms with Crippen molar-refractivity contribution < 1.29 is 14.3 Å². The average molecular weight is 293 g/mol. The van der Waals surface area contributed by atoms with Crippen LogP contribution in [0.4, 0.5) is 0 Å². The van der Waals surface area contributed by atoms with Crippen molar-refractivity contribution in [3.63, 3.8) is 0 Å². The van der Waals surface area contributed by atoms with E-state index in [-0.39, 0.29) is 5.91 Å². The summed E-state index contributed by atoms with van der Waals surface area (Å²) in [6.07, 6.45) is 0. The summed E-state index contributed by atoms with van der Waals surface area (Å²) in [6.45, 7) is 2.06. The molecule has 6 nitrogen and oxygen atoms in total. The van der Waals surface area contributed by atoms with Crippen molar-refractivity contribution in [2.75, 3.05) is 7.11 Å². The molecule has 2 aromatic rings. The summed E-state index contributed by atoms with van der Waals surface area (Å²) in [4.78, 5) is 16.3. The van der Waals surface area contributed by atoms with E-state index in [4.69, 9.17) is 15.3 Å². The number of methoxy groups -OCH3 is 1. The Hall–Kier alpha value is -2.12. The third kappa shape index (κ3) is 3.25. The second-order valence-electron chi connectivity index (χ2n) is 3.96. The third-order valence-electron chi connectivity index (χ3n) is 2.60. The van der Waals surface area contributed by atoms with Crippen molar-refractivity contribution in [3.8, 4) is 11.5 Å². The van der Waals surface area contributed by atoms with E-state index < -0.39 is 0 Å².